The van der Waals surface area contributed by atoms with Crippen LogP contribution in [0.5, 0.6) is 5.75 Å². The molecule has 3 rings (SSSR count). The van der Waals surface area contributed by atoms with Gasteiger partial charge in [-0.05, 0) is 24.3 Å². The summed E-state index contributed by atoms with van der Waals surface area (Å²) < 4.78 is 5.57. The number of hydrogen-bond acceptors (Lipinski definition) is 2. The maximum atomic E-state index is 8.63. The van der Waals surface area contributed by atoms with E-state index in [2.05, 4.69) is 12.2 Å². The van der Waals surface area contributed by atoms with Gasteiger partial charge in [0.15, 0.2) is 0 Å². The average molecular weight is 240 g/mol. The molecule has 0 fully saturated rings. The summed E-state index contributed by atoms with van der Waals surface area (Å²) in [5.41, 5.74) is 0. The molecule has 0 saturated carbocycles. The molecule has 0 bridgehead atoms. The van der Waals surface area contributed by atoms with Gasteiger partial charge >= 0.3 is 0 Å². The number of hydrogen-bond donors (Lipinski definition) is 1. The second-order valence-electron chi connectivity index (χ2n) is 3.97. The Morgan fingerprint density at radius 3 is 1.72 bits per heavy atom. The van der Waals surface area contributed by atoms with Gasteiger partial charge in [0.05, 0.1) is 0 Å². The van der Waals surface area contributed by atoms with Crippen molar-refractivity contribution in [1.82, 2.24) is 0 Å². The summed E-state index contributed by atoms with van der Waals surface area (Å²) in [7, 11) is 0. The molecular weight excluding hydrogens is 224 g/mol. The van der Waals surface area contributed by atoms with Crippen LogP contribution in [0.15, 0.2) is 78.3 Å². The normalized spacial score (nSPS) is 15.8. The third-order valence-electron chi connectivity index (χ3n) is 2.49. The highest BCUT2D eigenvalue weighted by atomic mass is 16.5. The summed E-state index contributed by atoms with van der Waals surface area (Å²) >= 11 is 0. The van der Waals surface area contributed by atoms with Crippen molar-refractivity contribution in [1.29, 1.82) is 0 Å². The molecule has 2 heteroatoms. The van der Waals surface area contributed by atoms with E-state index in [9.17, 15) is 0 Å². The molecule has 1 aromatic carbocycles. The highest BCUT2D eigenvalue weighted by Gasteiger charge is 2.04. The van der Waals surface area contributed by atoms with Crippen LogP contribution < -0.4 is 0 Å². The van der Waals surface area contributed by atoms with Crippen molar-refractivity contribution in [3.8, 4) is 5.75 Å². The first-order valence-electron chi connectivity index (χ1n) is 5.98. The number of allylic oxidation sites excluding steroid dienone is 6. The first kappa shape index (κ1) is 12.2. The van der Waals surface area contributed by atoms with Crippen molar-refractivity contribution in [3.05, 3.63) is 78.3 Å². The third-order valence-corrected chi connectivity index (χ3v) is 2.49. The molecule has 0 atom stereocenters. The molecule has 1 aromatic rings. The minimum absolute atomic E-state index is 0.322. The molecule has 92 valence electrons. The number of aromatic hydroxyl groups is 1. The van der Waals surface area contributed by atoms with Crippen molar-refractivity contribution in [2.24, 2.45) is 0 Å². The lowest BCUT2D eigenvalue weighted by atomic mass is 10.3. The fourth-order valence-corrected chi connectivity index (χ4v) is 1.60. The molecule has 0 saturated heterocycles. The lowest BCUT2D eigenvalue weighted by Gasteiger charge is -2.05. The quantitative estimate of drug-likeness (QED) is 0.843. The Morgan fingerprint density at radius 1 is 0.833 bits per heavy atom. The van der Waals surface area contributed by atoms with Gasteiger partial charge < -0.3 is 9.84 Å². The first-order chi connectivity index (χ1) is 8.84. The summed E-state index contributed by atoms with van der Waals surface area (Å²) in [6.45, 7) is 0. The van der Waals surface area contributed by atoms with Crippen molar-refractivity contribution >= 4 is 0 Å². The van der Waals surface area contributed by atoms with E-state index in [1.54, 1.807) is 24.3 Å². The number of phenols is 1. The molecule has 2 aliphatic carbocycles. The van der Waals surface area contributed by atoms with Crippen LogP contribution in [0, 0.1) is 0 Å². The monoisotopic (exact) mass is 240 g/mol. The summed E-state index contributed by atoms with van der Waals surface area (Å²) in [4.78, 5) is 0. The molecule has 0 radical (unpaired) electrons. The zero-order chi connectivity index (χ0) is 12.6. The summed E-state index contributed by atoms with van der Waals surface area (Å²) in [6.07, 6.45) is 14.2. The number of phenolic OH excluding ortho intramolecular Hbond substituents is 1. The molecule has 1 N–H and O–H groups in total. The molecule has 0 aromatic heterocycles. The summed E-state index contributed by atoms with van der Waals surface area (Å²) in [5.74, 6) is 2.43. The topological polar surface area (TPSA) is 29.5 Å². The van der Waals surface area contributed by atoms with E-state index < -0.39 is 0 Å². The lowest BCUT2D eigenvalue weighted by Crippen LogP contribution is -1.87. The highest BCUT2D eigenvalue weighted by molar-refractivity contribution is 5.24. The van der Waals surface area contributed by atoms with E-state index >= 15 is 0 Å². The van der Waals surface area contributed by atoms with Crippen molar-refractivity contribution < 1.29 is 9.84 Å². The van der Waals surface area contributed by atoms with Crippen LogP contribution in [-0.2, 0) is 4.74 Å². The lowest BCUT2D eigenvalue weighted by molar-refractivity contribution is 0.296. The van der Waals surface area contributed by atoms with E-state index in [0.29, 0.717) is 5.75 Å². The standard InChI is InChI=1S/C10H10O.C6H6O/c1-2-6-9(5-1)11-10-7-3-4-8-10;7-6-4-2-1-3-5-6/h1-5,7H,6,8H2;1-5,7H. The average Bonchev–Trinajstić information content (AvgIpc) is 3.05. The van der Waals surface area contributed by atoms with E-state index in [4.69, 9.17) is 9.84 Å². The van der Waals surface area contributed by atoms with Crippen LogP contribution in [0.4, 0.5) is 0 Å². The van der Waals surface area contributed by atoms with Crippen LogP contribution in [0.3, 0.4) is 0 Å². The molecular formula is C16H16O2. The van der Waals surface area contributed by atoms with Gasteiger partial charge in [-0.1, -0.05) is 42.5 Å². The fourth-order valence-electron chi connectivity index (χ4n) is 1.60. The van der Waals surface area contributed by atoms with Gasteiger partial charge in [0.2, 0.25) is 0 Å². The van der Waals surface area contributed by atoms with Crippen molar-refractivity contribution in [2.45, 2.75) is 12.8 Å². The van der Waals surface area contributed by atoms with Crippen LogP contribution in [0.2, 0.25) is 0 Å². The number of para-hydroxylation sites is 1. The van der Waals surface area contributed by atoms with Crippen LogP contribution in [-0.4, -0.2) is 5.11 Å². The highest BCUT2D eigenvalue weighted by Crippen LogP contribution is 2.20. The Balaban J connectivity index is 0.000000149. The predicted octanol–water partition coefficient (Wildman–Crippen LogP) is 4.08. The van der Waals surface area contributed by atoms with Gasteiger partial charge in [-0.15, -0.1) is 0 Å². The Bertz CT molecular complexity index is 465. The maximum Gasteiger partial charge on any atom is 0.115 e. The Labute approximate surface area is 107 Å². The number of rotatable bonds is 2. The maximum absolute atomic E-state index is 8.63. The van der Waals surface area contributed by atoms with Gasteiger partial charge in [-0.3, -0.25) is 0 Å². The van der Waals surface area contributed by atoms with Crippen molar-refractivity contribution in [3.63, 3.8) is 0 Å². The Hall–Kier alpha value is -2.22. The molecule has 0 spiro atoms. The van der Waals surface area contributed by atoms with Crippen LogP contribution in [0.25, 0.3) is 0 Å². The smallest absolute Gasteiger partial charge is 0.115 e. The summed E-state index contributed by atoms with van der Waals surface area (Å²) in [6, 6.07) is 8.71. The fraction of sp³-hybridized carbons (Fsp3) is 0.125. The largest absolute Gasteiger partial charge is 0.508 e. The van der Waals surface area contributed by atoms with E-state index in [1.807, 2.05) is 30.4 Å². The minimum Gasteiger partial charge on any atom is -0.508 e. The van der Waals surface area contributed by atoms with Crippen LogP contribution >= 0.6 is 0 Å². The van der Waals surface area contributed by atoms with E-state index in [0.717, 1.165) is 24.4 Å². The number of benzene rings is 1. The molecule has 0 unspecified atom stereocenters. The zero-order valence-corrected chi connectivity index (χ0v) is 10.1. The SMILES string of the molecule is C1=CCC(OC2=CC=CC2)=C1.Oc1ccccc1. The van der Waals surface area contributed by atoms with Gasteiger partial charge in [-0.2, -0.15) is 0 Å². The molecule has 0 aliphatic heterocycles. The Morgan fingerprint density at radius 2 is 1.39 bits per heavy atom. The molecule has 0 heterocycles. The second kappa shape index (κ2) is 6.50. The minimum atomic E-state index is 0.322. The third kappa shape index (κ3) is 3.98. The molecule has 0 amide bonds. The van der Waals surface area contributed by atoms with Gasteiger partial charge in [0, 0.05) is 12.8 Å². The first-order valence-corrected chi connectivity index (χ1v) is 5.98. The predicted molar refractivity (Wildman–Crippen MR) is 72.9 cm³/mol. The van der Waals surface area contributed by atoms with Gasteiger partial charge in [-0.25, -0.2) is 0 Å². The zero-order valence-electron chi connectivity index (χ0n) is 10.1. The Kier molecular flexibility index (Phi) is 4.42. The summed E-state index contributed by atoms with van der Waals surface area (Å²) in [5, 5.41) is 8.63. The number of ether oxygens (including phenoxy) is 1. The molecule has 2 aliphatic rings. The second-order valence-corrected chi connectivity index (χ2v) is 3.97. The van der Waals surface area contributed by atoms with Crippen LogP contribution in [0.1, 0.15) is 12.8 Å². The van der Waals surface area contributed by atoms with E-state index in [1.165, 1.54) is 0 Å². The molecule has 2 nitrogen and oxygen atoms in total. The molecule has 18 heavy (non-hydrogen) atoms. The van der Waals surface area contributed by atoms with Crippen molar-refractivity contribution in [2.75, 3.05) is 0 Å². The van der Waals surface area contributed by atoms with Gasteiger partial charge in [0.25, 0.3) is 0 Å². The van der Waals surface area contributed by atoms with Gasteiger partial charge in [0.1, 0.15) is 17.3 Å². The van der Waals surface area contributed by atoms with E-state index in [-0.39, 0.29) is 0 Å².